The highest BCUT2D eigenvalue weighted by Crippen LogP contribution is 2.29. The standard InChI is InChI=1S/C31H34N6O3/c1-20(2)22-8-10-23(11-9-22)30(39)33-27-5-3-4-25(26(27)19-38)29-34-28(35-31(32)36-29)18-21-6-12-24(13-7-21)37-14-16-40-17-15-37/h3-13,20,38H,14-19H2,1-2H3,(H,33,39)(H2,32,34,35,36). The minimum atomic E-state index is -0.317. The molecule has 1 aliphatic rings. The molecule has 4 aromatic rings. The Balaban J connectivity index is 1.36. The Morgan fingerprint density at radius 1 is 1.00 bits per heavy atom. The largest absolute Gasteiger partial charge is 0.392 e. The zero-order valence-corrected chi connectivity index (χ0v) is 22.8. The smallest absolute Gasteiger partial charge is 0.255 e. The van der Waals surface area contributed by atoms with Crippen molar-refractivity contribution in [3.05, 3.63) is 94.8 Å². The third-order valence-electron chi connectivity index (χ3n) is 7.04. The van der Waals surface area contributed by atoms with E-state index in [0.717, 1.165) is 43.1 Å². The number of carbonyl (C=O) groups is 1. The maximum absolute atomic E-state index is 13.0. The van der Waals surface area contributed by atoms with Crippen molar-refractivity contribution in [3.63, 3.8) is 0 Å². The number of nitrogens with zero attached hydrogens (tertiary/aromatic N) is 4. The molecular weight excluding hydrogens is 504 g/mol. The molecule has 1 aromatic heterocycles. The SMILES string of the molecule is CC(C)c1ccc(C(=O)Nc2cccc(-c3nc(N)nc(Cc4ccc(N5CCOCC5)cc4)n3)c2CO)cc1. The van der Waals surface area contributed by atoms with E-state index < -0.39 is 0 Å². The van der Waals surface area contributed by atoms with E-state index in [1.54, 1.807) is 30.3 Å². The van der Waals surface area contributed by atoms with E-state index in [4.69, 9.17) is 10.5 Å². The van der Waals surface area contributed by atoms with Crippen LogP contribution in [0.15, 0.2) is 66.7 Å². The molecule has 1 fully saturated rings. The van der Waals surface area contributed by atoms with Gasteiger partial charge in [-0.15, -0.1) is 0 Å². The number of aliphatic hydroxyl groups excluding tert-OH is 1. The number of hydrogen-bond donors (Lipinski definition) is 3. The van der Waals surface area contributed by atoms with Gasteiger partial charge in [0.25, 0.3) is 5.91 Å². The Hall–Kier alpha value is -4.34. The Kier molecular flexibility index (Phi) is 8.33. The lowest BCUT2D eigenvalue weighted by molar-refractivity contribution is 0.102. The average Bonchev–Trinajstić information content (AvgIpc) is 2.97. The van der Waals surface area contributed by atoms with Gasteiger partial charge in [-0.3, -0.25) is 4.79 Å². The van der Waals surface area contributed by atoms with Gasteiger partial charge in [0, 0.05) is 47.6 Å². The summed E-state index contributed by atoms with van der Waals surface area (Å²) in [6.07, 6.45) is 0.473. The molecule has 0 unspecified atom stereocenters. The number of amides is 1. The van der Waals surface area contributed by atoms with E-state index in [-0.39, 0.29) is 18.5 Å². The van der Waals surface area contributed by atoms with Gasteiger partial charge in [-0.2, -0.15) is 9.97 Å². The Morgan fingerprint density at radius 2 is 1.73 bits per heavy atom. The maximum atomic E-state index is 13.0. The lowest BCUT2D eigenvalue weighted by atomic mass is 10.0. The number of hydrogen-bond acceptors (Lipinski definition) is 8. The van der Waals surface area contributed by atoms with Crippen LogP contribution in [0.4, 0.5) is 17.3 Å². The number of carbonyl (C=O) groups excluding carboxylic acids is 1. The molecule has 206 valence electrons. The Labute approximate surface area is 234 Å². The molecule has 0 atom stereocenters. The number of benzene rings is 3. The predicted molar refractivity (Wildman–Crippen MR) is 156 cm³/mol. The molecule has 5 rings (SSSR count). The predicted octanol–water partition coefficient (Wildman–Crippen LogP) is 4.42. The summed E-state index contributed by atoms with van der Waals surface area (Å²) in [5, 5.41) is 13.2. The maximum Gasteiger partial charge on any atom is 0.255 e. The summed E-state index contributed by atoms with van der Waals surface area (Å²) in [7, 11) is 0. The van der Waals surface area contributed by atoms with Crippen LogP contribution in [0.5, 0.6) is 0 Å². The highest BCUT2D eigenvalue weighted by Gasteiger charge is 2.17. The van der Waals surface area contributed by atoms with Crippen LogP contribution in [0.2, 0.25) is 0 Å². The van der Waals surface area contributed by atoms with Crippen LogP contribution in [-0.2, 0) is 17.8 Å². The molecule has 3 aromatic carbocycles. The molecule has 1 aliphatic heterocycles. The molecule has 4 N–H and O–H groups in total. The lowest BCUT2D eigenvalue weighted by Gasteiger charge is -2.28. The van der Waals surface area contributed by atoms with Crippen molar-refractivity contribution in [1.82, 2.24) is 15.0 Å². The van der Waals surface area contributed by atoms with Gasteiger partial charge < -0.3 is 25.8 Å². The number of rotatable bonds is 8. The summed E-state index contributed by atoms with van der Waals surface area (Å²) in [4.78, 5) is 28.7. The molecule has 1 amide bonds. The lowest BCUT2D eigenvalue weighted by Crippen LogP contribution is -2.36. The first kappa shape index (κ1) is 27.2. The molecule has 40 heavy (non-hydrogen) atoms. The number of nitrogen functional groups attached to an aromatic ring is 1. The Bertz CT molecular complexity index is 1470. The van der Waals surface area contributed by atoms with Crippen LogP contribution < -0.4 is 16.0 Å². The number of anilines is 3. The third-order valence-corrected chi connectivity index (χ3v) is 7.04. The highest BCUT2D eigenvalue weighted by molar-refractivity contribution is 6.05. The van der Waals surface area contributed by atoms with Crippen molar-refractivity contribution < 1.29 is 14.6 Å². The number of aromatic nitrogens is 3. The molecule has 9 nitrogen and oxygen atoms in total. The summed E-state index contributed by atoms with van der Waals surface area (Å²) < 4.78 is 5.44. The second kappa shape index (κ2) is 12.2. The molecule has 9 heteroatoms. The zero-order chi connectivity index (χ0) is 28.1. The summed E-state index contributed by atoms with van der Waals surface area (Å²) >= 11 is 0. The fraction of sp³-hybridized carbons (Fsp3) is 0.290. The molecular formula is C31H34N6O3. The van der Waals surface area contributed by atoms with Crippen LogP contribution in [0, 0.1) is 0 Å². The van der Waals surface area contributed by atoms with Gasteiger partial charge in [-0.25, -0.2) is 4.98 Å². The minimum Gasteiger partial charge on any atom is -0.392 e. The van der Waals surface area contributed by atoms with Gasteiger partial charge in [-0.05, 0) is 47.4 Å². The number of nitrogens with two attached hydrogens (primary N) is 1. The number of aliphatic hydroxyl groups is 1. The summed E-state index contributed by atoms with van der Waals surface area (Å²) in [5.41, 5.74) is 11.5. The zero-order valence-electron chi connectivity index (χ0n) is 22.8. The Morgan fingerprint density at radius 3 is 2.40 bits per heavy atom. The number of nitrogens with one attached hydrogen (secondary N) is 1. The van der Waals surface area contributed by atoms with Crippen molar-refractivity contribution in [3.8, 4) is 11.4 Å². The summed E-state index contributed by atoms with van der Waals surface area (Å²) in [5.74, 6) is 1.06. The molecule has 1 saturated heterocycles. The van der Waals surface area contributed by atoms with E-state index in [0.29, 0.717) is 46.4 Å². The van der Waals surface area contributed by atoms with E-state index in [2.05, 4.69) is 63.3 Å². The van der Waals surface area contributed by atoms with E-state index in [9.17, 15) is 9.90 Å². The van der Waals surface area contributed by atoms with Gasteiger partial charge in [0.05, 0.1) is 19.8 Å². The van der Waals surface area contributed by atoms with Crippen molar-refractivity contribution >= 4 is 23.2 Å². The molecule has 0 bridgehead atoms. The molecule has 0 aliphatic carbocycles. The van der Waals surface area contributed by atoms with Gasteiger partial charge in [0.2, 0.25) is 5.95 Å². The van der Waals surface area contributed by atoms with Gasteiger partial charge in [-0.1, -0.05) is 50.2 Å². The molecule has 0 saturated carbocycles. The first-order valence-electron chi connectivity index (χ1n) is 13.5. The normalized spacial score (nSPS) is 13.4. The number of morpholine rings is 1. The first-order chi connectivity index (χ1) is 19.4. The first-order valence-corrected chi connectivity index (χ1v) is 13.5. The molecule has 0 spiro atoms. The van der Waals surface area contributed by atoms with Crippen LogP contribution in [0.3, 0.4) is 0 Å². The monoisotopic (exact) mass is 538 g/mol. The highest BCUT2D eigenvalue weighted by atomic mass is 16.5. The van der Waals surface area contributed by atoms with Crippen molar-refractivity contribution in [2.24, 2.45) is 0 Å². The quantitative estimate of drug-likeness (QED) is 0.301. The average molecular weight is 539 g/mol. The van der Waals surface area contributed by atoms with Crippen LogP contribution in [0.1, 0.15) is 52.6 Å². The van der Waals surface area contributed by atoms with Crippen LogP contribution in [0.25, 0.3) is 11.4 Å². The van der Waals surface area contributed by atoms with Gasteiger partial charge >= 0.3 is 0 Å². The fourth-order valence-electron chi connectivity index (χ4n) is 4.76. The van der Waals surface area contributed by atoms with Crippen molar-refractivity contribution in [2.75, 3.05) is 42.3 Å². The molecule has 0 radical (unpaired) electrons. The van der Waals surface area contributed by atoms with Crippen LogP contribution >= 0.6 is 0 Å². The fourth-order valence-corrected chi connectivity index (χ4v) is 4.76. The van der Waals surface area contributed by atoms with Crippen molar-refractivity contribution in [1.29, 1.82) is 0 Å². The third kappa shape index (κ3) is 6.27. The number of ether oxygens (including phenoxy) is 1. The summed E-state index contributed by atoms with van der Waals surface area (Å²) in [6, 6.07) is 21.2. The van der Waals surface area contributed by atoms with Crippen LogP contribution in [-0.4, -0.2) is 52.3 Å². The second-order valence-corrected chi connectivity index (χ2v) is 10.1. The topological polar surface area (TPSA) is 126 Å². The summed E-state index contributed by atoms with van der Waals surface area (Å²) in [6.45, 7) is 7.13. The van der Waals surface area contributed by atoms with Gasteiger partial charge in [0.15, 0.2) is 5.82 Å². The van der Waals surface area contributed by atoms with E-state index in [1.807, 2.05) is 12.1 Å². The van der Waals surface area contributed by atoms with Crippen molar-refractivity contribution in [2.45, 2.75) is 32.8 Å². The van der Waals surface area contributed by atoms with E-state index in [1.165, 1.54) is 0 Å². The van der Waals surface area contributed by atoms with E-state index >= 15 is 0 Å². The molecule has 2 heterocycles. The van der Waals surface area contributed by atoms with Gasteiger partial charge in [0.1, 0.15) is 5.82 Å². The second-order valence-electron chi connectivity index (χ2n) is 10.1. The minimum absolute atomic E-state index is 0.0912.